The normalized spacial score (nSPS) is 32.4. The van der Waals surface area contributed by atoms with Crippen molar-refractivity contribution < 1.29 is 0 Å². The van der Waals surface area contributed by atoms with Gasteiger partial charge in [-0.1, -0.05) is 23.7 Å². The summed E-state index contributed by atoms with van der Waals surface area (Å²) in [5.41, 5.74) is 4.19. The van der Waals surface area contributed by atoms with Gasteiger partial charge in [0.2, 0.25) is 0 Å². The van der Waals surface area contributed by atoms with Crippen molar-refractivity contribution in [3.63, 3.8) is 0 Å². The molecule has 0 radical (unpaired) electrons. The van der Waals surface area contributed by atoms with Crippen LogP contribution in [0.3, 0.4) is 0 Å². The van der Waals surface area contributed by atoms with Gasteiger partial charge in [-0.15, -0.1) is 0 Å². The third kappa shape index (κ3) is 2.27. The van der Waals surface area contributed by atoms with Crippen molar-refractivity contribution in [2.45, 2.75) is 12.1 Å². The lowest BCUT2D eigenvalue weighted by molar-refractivity contribution is -0.00369. The van der Waals surface area contributed by atoms with Crippen molar-refractivity contribution in [1.29, 1.82) is 0 Å². The van der Waals surface area contributed by atoms with E-state index in [0.29, 0.717) is 6.04 Å². The monoisotopic (exact) mass is 266 g/mol. The fraction of sp³-hybridized carbons (Fsp3) is 0.538. The van der Waals surface area contributed by atoms with Crippen LogP contribution in [0.15, 0.2) is 24.3 Å². The molecule has 3 saturated heterocycles. The van der Waals surface area contributed by atoms with Crippen LogP contribution in [0.1, 0.15) is 11.6 Å². The molecule has 5 heteroatoms. The highest BCUT2D eigenvalue weighted by molar-refractivity contribution is 6.30. The second kappa shape index (κ2) is 5.15. The minimum atomic E-state index is 0.172. The lowest BCUT2D eigenvalue weighted by Crippen LogP contribution is -2.64. The summed E-state index contributed by atoms with van der Waals surface area (Å²) in [6.07, 6.45) is 0. The van der Waals surface area contributed by atoms with Crippen LogP contribution in [-0.2, 0) is 0 Å². The molecule has 1 aromatic rings. The third-order valence-corrected chi connectivity index (χ3v) is 4.37. The Balaban J connectivity index is 1.81. The largest absolute Gasteiger partial charge is 0.299 e. The number of benzene rings is 1. The van der Waals surface area contributed by atoms with E-state index in [4.69, 9.17) is 17.4 Å². The van der Waals surface area contributed by atoms with Gasteiger partial charge in [-0.3, -0.25) is 21.1 Å². The number of hydrazine groups is 1. The average molecular weight is 267 g/mol. The number of rotatable bonds is 3. The van der Waals surface area contributed by atoms with Crippen molar-refractivity contribution in [3.05, 3.63) is 34.9 Å². The summed E-state index contributed by atoms with van der Waals surface area (Å²) < 4.78 is 0. The van der Waals surface area contributed by atoms with E-state index >= 15 is 0 Å². The topological polar surface area (TPSA) is 44.5 Å². The number of fused-ring (bicyclic) bond motifs is 3. The van der Waals surface area contributed by atoms with Crippen molar-refractivity contribution in [3.8, 4) is 0 Å². The molecule has 4 rings (SSSR count). The zero-order valence-corrected chi connectivity index (χ0v) is 11.1. The second-order valence-electron chi connectivity index (χ2n) is 5.10. The number of piperazine rings is 3. The van der Waals surface area contributed by atoms with Crippen molar-refractivity contribution in [2.24, 2.45) is 5.84 Å². The van der Waals surface area contributed by atoms with Crippen LogP contribution in [0.25, 0.3) is 0 Å². The number of hydrogen-bond donors (Lipinski definition) is 2. The lowest BCUT2D eigenvalue weighted by atomic mass is 9.94. The summed E-state index contributed by atoms with van der Waals surface area (Å²) in [6, 6.07) is 8.61. The fourth-order valence-corrected chi connectivity index (χ4v) is 3.20. The Labute approximate surface area is 113 Å². The van der Waals surface area contributed by atoms with E-state index < -0.39 is 0 Å². The fourth-order valence-electron chi connectivity index (χ4n) is 3.07. The Morgan fingerprint density at radius 2 is 1.83 bits per heavy atom. The minimum absolute atomic E-state index is 0.172. The molecule has 3 aliphatic rings. The minimum Gasteiger partial charge on any atom is -0.299 e. The van der Waals surface area contributed by atoms with Crippen molar-refractivity contribution in [2.75, 3.05) is 32.7 Å². The molecule has 18 heavy (non-hydrogen) atoms. The molecular formula is C13H19ClN4. The third-order valence-electron chi connectivity index (χ3n) is 4.11. The summed E-state index contributed by atoms with van der Waals surface area (Å²) in [5, 5.41) is 0.767. The zero-order valence-electron chi connectivity index (χ0n) is 10.3. The van der Waals surface area contributed by atoms with Gasteiger partial charge in [-0.25, -0.2) is 0 Å². The SMILES string of the molecule is NNC(c1ccc(Cl)cc1)C1CN2CCN1CC2. The van der Waals surface area contributed by atoms with Crippen LogP contribution in [0.4, 0.5) is 0 Å². The summed E-state index contributed by atoms with van der Waals surface area (Å²) in [4.78, 5) is 5.06. The number of hydrogen-bond acceptors (Lipinski definition) is 4. The molecule has 0 spiro atoms. The summed E-state index contributed by atoms with van der Waals surface area (Å²) >= 11 is 5.94. The van der Waals surface area contributed by atoms with E-state index in [1.165, 1.54) is 18.7 Å². The van der Waals surface area contributed by atoms with Gasteiger partial charge in [0, 0.05) is 43.8 Å². The van der Waals surface area contributed by atoms with Crippen LogP contribution in [-0.4, -0.2) is 48.6 Å². The maximum Gasteiger partial charge on any atom is 0.0627 e. The number of halogens is 1. The molecule has 2 bridgehead atoms. The standard InChI is InChI=1S/C13H19ClN4/c14-11-3-1-10(2-4-11)13(16-15)12-9-17-5-7-18(12)8-6-17/h1-4,12-13,16H,5-9,15H2. The molecule has 0 saturated carbocycles. The van der Waals surface area contributed by atoms with E-state index in [-0.39, 0.29) is 6.04 Å². The molecule has 0 aliphatic carbocycles. The molecule has 3 aliphatic heterocycles. The molecule has 3 N–H and O–H groups in total. The first-order valence-electron chi connectivity index (χ1n) is 6.46. The molecule has 4 nitrogen and oxygen atoms in total. The Morgan fingerprint density at radius 3 is 2.33 bits per heavy atom. The van der Waals surface area contributed by atoms with Gasteiger partial charge in [-0.05, 0) is 17.7 Å². The van der Waals surface area contributed by atoms with Gasteiger partial charge in [0.05, 0.1) is 6.04 Å². The van der Waals surface area contributed by atoms with Crippen LogP contribution in [0.5, 0.6) is 0 Å². The van der Waals surface area contributed by atoms with E-state index in [1.807, 2.05) is 12.1 Å². The quantitative estimate of drug-likeness (QED) is 0.629. The van der Waals surface area contributed by atoms with Crippen LogP contribution >= 0.6 is 11.6 Å². The Hall–Kier alpha value is -0.650. The number of nitrogens with two attached hydrogens (primary N) is 1. The van der Waals surface area contributed by atoms with Crippen molar-refractivity contribution in [1.82, 2.24) is 15.2 Å². The van der Waals surface area contributed by atoms with Crippen LogP contribution in [0.2, 0.25) is 5.02 Å². The van der Waals surface area contributed by atoms with Gasteiger partial charge in [0.1, 0.15) is 0 Å². The summed E-state index contributed by atoms with van der Waals surface area (Å²) in [6.45, 7) is 5.77. The van der Waals surface area contributed by atoms with Gasteiger partial charge < -0.3 is 0 Å². The van der Waals surface area contributed by atoms with E-state index in [2.05, 4.69) is 27.4 Å². The van der Waals surface area contributed by atoms with Gasteiger partial charge in [-0.2, -0.15) is 0 Å². The smallest absolute Gasteiger partial charge is 0.0627 e. The Morgan fingerprint density at radius 1 is 1.17 bits per heavy atom. The maximum absolute atomic E-state index is 5.94. The van der Waals surface area contributed by atoms with Crippen LogP contribution in [0, 0.1) is 0 Å². The molecule has 1 aromatic carbocycles. The van der Waals surface area contributed by atoms with Gasteiger partial charge in [0.25, 0.3) is 0 Å². The molecule has 3 heterocycles. The molecule has 0 aromatic heterocycles. The predicted molar refractivity (Wildman–Crippen MR) is 73.3 cm³/mol. The molecule has 3 fully saturated rings. The van der Waals surface area contributed by atoms with Crippen molar-refractivity contribution >= 4 is 11.6 Å². The number of nitrogens with one attached hydrogen (secondary N) is 1. The summed E-state index contributed by atoms with van der Waals surface area (Å²) in [7, 11) is 0. The first-order valence-corrected chi connectivity index (χ1v) is 6.84. The first kappa shape index (κ1) is 12.4. The second-order valence-corrected chi connectivity index (χ2v) is 5.54. The first-order chi connectivity index (χ1) is 8.78. The molecule has 98 valence electrons. The highest BCUT2D eigenvalue weighted by Crippen LogP contribution is 2.27. The predicted octanol–water partition coefficient (Wildman–Crippen LogP) is 0.844. The Kier molecular flexibility index (Phi) is 3.54. The number of nitrogens with zero attached hydrogens (tertiary/aromatic N) is 2. The molecular weight excluding hydrogens is 248 g/mol. The van der Waals surface area contributed by atoms with E-state index in [1.54, 1.807) is 0 Å². The van der Waals surface area contributed by atoms with Gasteiger partial charge in [0.15, 0.2) is 0 Å². The highest BCUT2D eigenvalue weighted by atomic mass is 35.5. The zero-order chi connectivity index (χ0) is 12.5. The van der Waals surface area contributed by atoms with E-state index in [9.17, 15) is 0 Å². The molecule has 0 amide bonds. The van der Waals surface area contributed by atoms with Gasteiger partial charge >= 0.3 is 0 Å². The maximum atomic E-state index is 5.94. The molecule has 2 unspecified atom stereocenters. The lowest BCUT2D eigenvalue weighted by Gasteiger charge is -2.50. The highest BCUT2D eigenvalue weighted by Gasteiger charge is 2.36. The summed E-state index contributed by atoms with van der Waals surface area (Å²) in [5.74, 6) is 5.78. The van der Waals surface area contributed by atoms with Crippen LogP contribution < -0.4 is 11.3 Å². The van der Waals surface area contributed by atoms with E-state index in [0.717, 1.165) is 24.7 Å². The molecule has 2 atom stereocenters. The Bertz CT molecular complexity index is 400. The average Bonchev–Trinajstić information content (AvgIpc) is 2.43.